The molecule has 0 N–H and O–H groups in total. The fraction of sp³-hybridized carbons (Fsp3) is 0.611. The van der Waals surface area contributed by atoms with E-state index in [1.165, 1.54) is 12.0 Å². The van der Waals surface area contributed by atoms with Gasteiger partial charge in [-0.05, 0) is 44.1 Å². The van der Waals surface area contributed by atoms with E-state index in [-0.39, 0.29) is 11.4 Å². The Labute approximate surface area is 136 Å². The first-order chi connectivity index (χ1) is 10.2. The molecule has 2 nitrogen and oxygen atoms in total. The summed E-state index contributed by atoms with van der Waals surface area (Å²) in [6.45, 7) is 2.37. The molecular formula is C18H25BrO2. The van der Waals surface area contributed by atoms with E-state index in [2.05, 4.69) is 40.2 Å². The molecule has 0 heterocycles. The van der Waals surface area contributed by atoms with E-state index >= 15 is 0 Å². The van der Waals surface area contributed by atoms with Crippen molar-refractivity contribution < 1.29 is 9.53 Å². The van der Waals surface area contributed by atoms with Crippen LogP contribution in [0.4, 0.5) is 0 Å². The van der Waals surface area contributed by atoms with Gasteiger partial charge in [0.25, 0.3) is 0 Å². The Balaban J connectivity index is 2.34. The van der Waals surface area contributed by atoms with Crippen LogP contribution in [0.5, 0.6) is 0 Å². The van der Waals surface area contributed by atoms with Crippen LogP contribution in [-0.4, -0.2) is 17.9 Å². The molecule has 1 aromatic rings. The standard InChI is InChI=1S/C18H25BrO2/c1-2-21-17(20)18(13-8-14-19)12-7-6-11-16(18)15-9-4-3-5-10-15/h3-5,9-10,16H,2,6-8,11-14H2,1H3. The smallest absolute Gasteiger partial charge is 0.312 e. The summed E-state index contributed by atoms with van der Waals surface area (Å²) in [4.78, 5) is 12.8. The number of alkyl halides is 1. The van der Waals surface area contributed by atoms with Crippen LogP contribution in [0.25, 0.3) is 0 Å². The lowest BCUT2D eigenvalue weighted by molar-refractivity contribution is -0.159. The molecule has 1 fully saturated rings. The molecule has 0 bridgehead atoms. The van der Waals surface area contributed by atoms with Crippen LogP contribution >= 0.6 is 15.9 Å². The van der Waals surface area contributed by atoms with Gasteiger partial charge in [0.15, 0.2) is 0 Å². The maximum absolute atomic E-state index is 12.8. The van der Waals surface area contributed by atoms with Crippen molar-refractivity contribution in [2.75, 3.05) is 11.9 Å². The molecular weight excluding hydrogens is 328 g/mol. The average molecular weight is 353 g/mol. The van der Waals surface area contributed by atoms with Gasteiger partial charge in [0.2, 0.25) is 0 Å². The van der Waals surface area contributed by atoms with Crippen LogP contribution in [0.15, 0.2) is 30.3 Å². The molecule has 3 heteroatoms. The maximum Gasteiger partial charge on any atom is 0.312 e. The molecule has 0 aliphatic heterocycles. The Bertz CT molecular complexity index is 446. The zero-order valence-corrected chi connectivity index (χ0v) is 14.4. The highest BCUT2D eigenvalue weighted by Crippen LogP contribution is 2.51. The van der Waals surface area contributed by atoms with E-state index < -0.39 is 0 Å². The van der Waals surface area contributed by atoms with Crippen molar-refractivity contribution >= 4 is 21.9 Å². The normalized spacial score (nSPS) is 25.5. The molecule has 2 rings (SSSR count). The molecule has 116 valence electrons. The van der Waals surface area contributed by atoms with Gasteiger partial charge in [-0.15, -0.1) is 0 Å². The van der Waals surface area contributed by atoms with E-state index in [9.17, 15) is 4.79 Å². The number of halogens is 1. The second kappa shape index (κ2) is 7.98. The van der Waals surface area contributed by atoms with E-state index in [0.717, 1.165) is 37.4 Å². The monoisotopic (exact) mass is 352 g/mol. The number of carbonyl (C=O) groups excluding carboxylic acids is 1. The minimum absolute atomic E-state index is 0.0134. The molecule has 1 aromatic carbocycles. The zero-order valence-electron chi connectivity index (χ0n) is 12.8. The van der Waals surface area contributed by atoms with Crippen molar-refractivity contribution in [1.29, 1.82) is 0 Å². The van der Waals surface area contributed by atoms with Crippen LogP contribution in [-0.2, 0) is 9.53 Å². The predicted octanol–water partition coefficient (Wildman–Crippen LogP) is 5.07. The lowest BCUT2D eigenvalue weighted by Crippen LogP contribution is -2.41. The van der Waals surface area contributed by atoms with Crippen molar-refractivity contribution in [3.05, 3.63) is 35.9 Å². The number of carbonyl (C=O) groups is 1. The molecule has 21 heavy (non-hydrogen) atoms. The third-order valence-corrected chi connectivity index (χ3v) is 5.23. The minimum Gasteiger partial charge on any atom is -0.466 e. The number of ether oxygens (including phenoxy) is 1. The molecule has 0 amide bonds. The summed E-state index contributed by atoms with van der Waals surface area (Å²) in [5.41, 5.74) is 0.962. The first-order valence-corrected chi connectivity index (χ1v) is 9.15. The number of hydrogen-bond acceptors (Lipinski definition) is 2. The van der Waals surface area contributed by atoms with Crippen molar-refractivity contribution in [2.24, 2.45) is 5.41 Å². The van der Waals surface area contributed by atoms with Crippen LogP contribution in [0.3, 0.4) is 0 Å². The van der Waals surface area contributed by atoms with Gasteiger partial charge in [-0.3, -0.25) is 4.79 Å². The summed E-state index contributed by atoms with van der Waals surface area (Å²) in [7, 11) is 0. The lowest BCUT2D eigenvalue weighted by atomic mass is 9.61. The van der Waals surface area contributed by atoms with Crippen molar-refractivity contribution in [2.45, 2.75) is 51.4 Å². The largest absolute Gasteiger partial charge is 0.466 e. The molecule has 0 spiro atoms. The van der Waals surface area contributed by atoms with E-state index in [4.69, 9.17) is 4.74 Å². The van der Waals surface area contributed by atoms with Gasteiger partial charge in [0, 0.05) is 5.33 Å². The highest BCUT2D eigenvalue weighted by atomic mass is 79.9. The van der Waals surface area contributed by atoms with Gasteiger partial charge in [0.05, 0.1) is 12.0 Å². The molecule has 0 aromatic heterocycles. The van der Waals surface area contributed by atoms with Crippen LogP contribution in [0.1, 0.15) is 56.9 Å². The van der Waals surface area contributed by atoms with Gasteiger partial charge in [0.1, 0.15) is 0 Å². The maximum atomic E-state index is 12.8. The zero-order chi connectivity index (χ0) is 15.1. The number of rotatable bonds is 6. The molecule has 1 aliphatic carbocycles. The molecule has 0 radical (unpaired) electrons. The lowest BCUT2D eigenvalue weighted by Gasteiger charge is -2.42. The van der Waals surface area contributed by atoms with Crippen molar-refractivity contribution in [1.82, 2.24) is 0 Å². The summed E-state index contributed by atoms with van der Waals surface area (Å²) < 4.78 is 5.48. The fourth-order valence-corrected chi connectivity index (χ4v) is 3.99. The number of hydrogen-bond donors (Lipinski definition) is 0. The predicted molar refractivity (Wildman–Crippen MR) is 89.7 cm³/mol. The van der Waals surface area contributed by atoms with Gasteiger partial charge in [-0.2, -0.15) is 0 Å². The third-order valence-electron chi connectivity index (χ3n) is 4.67. The van der Waals surface area contributed by atoms with Gasteiger partial charge >= 0.3 is 5.97 Å². The summed E-state index contributed by atoms with van der Waals surface area (Å²) in [6.07, 6.45) is 6.31. The second-order valence-electron chi connectivity index (χ2n) is 5.88. The Kier molecular flexibility index (Phi) is 6.28. The highest BCUT2D eigenvalue weighted by molar-refractivity contribution is 9.09. The number of benzene rings is 1. The minimum atomic E-state index is -0.330. The quantitative estimate of drug-likeness (QED) is 0.527. The van der Waals surface area contributed by atoms with Gasteiger partial charge < -0.3 is 4.74 Å². The Morgan fingerprint density at radius 3 is 2.76 bits per heavy atom. The van der Waals surface area contributed by atoms with Gasteiger partial charge in [-0.1, -0.05) is 59.1 Å². The summed E-state index contributed by atoms with van der Waals surface area (Å²) in [6, 6.07) is 10.5. The molecule has 2 unspecified atom stereocenters. The first-order valence-electron chi connectivity index (χ1n) is 8.02. The Morgan fingerprint density at radius 1 is 1.33 bits per heavy atom. The summed E-state index contributed by atoms with van der Waals surface area (Å²) >= 11 is 3.51. The van der Waals surface area contributed by atoms with E-state index in [1.807, 2.05) is 13.0 Å². The SMILES string of the molecule is CCOC(=O)C1(CCCBr)CCCCC1c1ccccc1. The molecule has 1 aliphatic rings. The third kappa shape index (κ3) is 3.68. The van der Waals surface area contributed by atoms with Crippen molar-refractivity contribution in [3.8, 4) is 0 Å². The summed E-state index contributed by atoms with van der Waals surface area (Å²) in [5.74, 6) is 0.310. The van der Waals surface area contributed by atoms with Crippen LogP contribution in [0, 0.1) is 5.41 Å². The molecule has 0 saturated heterocycles. The van der Waals surface area contributed by atoms with Crippen LogP contribution in [0.2, 0.25) is 0 Å². The second-order valence-corrected chi connectivity index (χ2v) is 6.67. The first kappa shape index (κ1) is 16.5. The fourth-order valence-electron chi connectivity index (χ4n) is 3.71. The summed E-state index contributed by atoms with van der Waals surface area (Å²) in [5, 5.41) is 0.940. The molecule has 2 atom stereocenters. The highest BCUT2D eigenvalue weighted by Gasteiger charge is 2.48. The Hall–Kier alpha value is -0.830. The number of esters is 1. The van der Waals surface area contributed by atoms with Gasteiger partial charge in [-0.25, -0.2) is 0 Å². The van der Waals surface area contributed by atoms with E-state index in [0.29, 0.717) is 12.5 Å². The van der Waals surface area contributed by atoms with Crippen LogP contribution < -0.4 is 0 Å². The van der Waals surface area contributed by atoms with E-state index in [1.54, 1.807) is 0 Å². The van der Waals surface area contributed by atoms with Crippen molar-refractivity contribution in [3.63, 3.8) is 0 Å². The Morgan fingerprint density at radius 2 is 2.10 bits per heavy atom. The average Bonchev–Trinajstić information content (AvgIpc) is 2.54. The topological polar surface area (TPSA) is 26.3 Å². The molecule has 1 saturated carbocycles.